The molecule has 2 aromatic carbocycles. The molecule has 0 saturated carbocycles. The second-order valence-electron chi connectivity index (χ2n) is 5.95. The third kappa shape index (κ3) is 3.34. The molecule has 1 unspecified atom stereocenters. The van der Waals surface area contributed by atoms with Crippen molar-refractivity contribution in [2.24, 2.45) is 0 Å². The maximum absolute atomic E-state index is 12.6. The van der Waals surface area contributed by atoms with Gasteiger partial charge >= 0.3 is 0 Å². The lowest BCUT2D eigenvalue weighted by molar-refractivity contribution is 0.559. The van der Waals surface area contributed by atoms with Crippen LogP contribution in [0.25, 0.3) is 10.9 Å². The molecule has 4 nitrogen and oxygen atoms in total. The summed E-state index contributed by atoms with van der Waals surface area (Å²) in [4.78, 5) is 3.43. The molecule has 0 saturated heterocycles. The zero-order valence-corrected chi connectivity index (χ0v) is 15.1. The van der Waals surface area contributed by atoms with Gasteiger partial charge in [-0.3, -0.25) is 0 Å². The fourth-order valence-corrected chi connectivity index (χ4v) is 4.62. The van der Waals surface area contributed by atoms with E-state index in [0.29, 0.717) is 17.0 Å². The molecule has 3 aromatic rings. The highest BCUT2D eigenvalue weighted by Crippen LogP contribution is 2.24. The molecule has 0 bridgehead atoms. The van der Waals surface area contributed by atoms with E-state index in [2.05, 4.69) is 9.71 Å². The van der Waals surface area contributed by atoms with Gasteiger partial charge in [0, 0.05) is 28.2 Å². The first-order valence-electron chi connectivity index (χ1n) is 7.71. The summed E-state index contributed by atoms with van der Waals surface area (Å²) in [5.74, 6) is 0. The first-order valence-corrected chi connectivity index (χ1v) is 9.57. The SMILES string of the molecule is Cc1c(Cl)cccc1S(=O)(=O)NC(C)Cc1c[nH]c2ccccc12. The van der Waals surface area contributed by atoms with Crippen LogP contribution in [0.2, 0.25) is 5.02 Å². The lowest BCUT2D eigenvalue weighted by Crippen LogP contribution is -2.34. The highest BCUT2D eigenvalue weighted by Gasteiger charge is 2.21. The Morgan fingerprint density at radius 1 is 1.17 bits per heavy atom. The van der Waals surface area contributed by atoms with Crippen LogP contribution < -0.4 is 4.72 Å². The minimum atomic E-state index is -3.61. The molecule has 0 radical (unpaired) electrons. The van der Waals surface area contributed by atoms with Crippen LogP contribution in [-0.2, 0) is 16.4 Å². The van der Waals surface area contributed by atoms with E-state index in [0.717, 1.165) is 16.5 Å². The standard InChI is InChI=1S/C18H19ClN2O2S/c1-12(10-14-11-20-17-8-4-3-6-15(14)17)21-24(22,23)18-9-5-7-16(19)13(18)2/h3-9,11-12,20-21H,10H2,1-2H3. The summed E-state index contributed by atoms with van der Waals surface area (Å²) in [7, 11) is -3.61. The molecule has 1 aromatic heterocycles. The van der Waals surface area contributed by atoms with Gasteiger partial charge in [0.05, 0.1) is 4.90 Å². The second kappa shape index (κ2) is 6.59. The summed E-state index contributed by atoms with van der Waals surface area (Å²) in [6.07, 6.45) is 2.53. The quantitative estimate of drug-likeness (QED) is 0.719. The van der Waals surface area contributed by atoms with Gasteiger partial charge in [-0.25, -0.2) is 13.1 Å². The van der Waals surface area contributed by atoms with Crippen LogP contribution >= 0.6 is 11.6 Å². The molecule has 0 fully saturated rings. The number of hydrogen-bond donors (Lipinski definition) is 2. The van der Waals surface area contributed by atoms with Gasteiger partial charge in [-0.05, 0) is 49.6 Å². The number of nitrogens with one attached hydrogen (secondary N) is 2. The Hall–Kier alpha value is -1.82. The largest absolute Gasteiger partial charge is 0.361 e. The van der Waals surface area contributed by atoms with Crippen molar-refractivity contribution in [1.29, 1.82) is 0 Å². The number of H-pyrrole nitrogens is 1. The number of halogens is 1. The topological polar surface area (TPSA) is 62.0 Å². The lowest BCUT2D eigenvalue weighted by atomic mass is 10.1. The van der Waals surface area contributed by atoms with Gasteiger partial charge in [-0.1, -0.05) is 35.9 Å². The summed E-state index contributed by atoms with van der Waals surface area (Å²) in [6, 6.07) is 12.6. The fraction of sp³-hybridized carbons (Fsp3) is 0.222. The monoisotopic (exact) mass is 362 g/mol. The van der Waals surface area contributed by atoms with E-state index in [1.54, 1.807) is 25.1 Å². The molecular formula is C18H19ClN2O2S. The van der Waals surface area contributed by atoms with Crippen LogP contribution in [0, 0.1) is 6.92 Å². The van der Waals surface area contributed by atoms with Gasteiger partial charge in [0.15, 0.2) is 0 Å². The highest BCUT2D eigenvalue weighted by molar-refractivity contribution is 7.89. The van der Waals surface area contributed by atoms with E-state index in [-0.39, 0.29) is 10.9 Å². The third-order valence-electron chi connectivity index (χ3n) is 4.06. The number of fused-ring (bicyclic) bond motifs is 1. The molecule has 0 spiro atoms. The molecule has 2 N–H and O–H groups in total. The predicted molar refractivity (Wildman–Crippen MR) is 98.0 cm³/mol. The molecule has 0 aliphatic rings. The number of aromatic nitrogens is 1. The van der Waals surface area contributed by atoms with Crippen molar-refractivity contribution in [3.8, 4) is 0 Å². The number of para-hydroxylation sites is 1. The second-order valence-corrected chi connectivity index (χ2v) is 8.04. The number of rotatable bonds is 5. The van der Waals surface area contributed by atoms with E-state index in [4.69, 9.17) is 11.6 Å². The van der Waals surface area contributed by atoms with Crippen LogP contribution in [-0.4, -0.2) is 19.4 Å². The Bertz CT molecular complexity index is 980. The van der Waals surface area contributed by atoms with Crippen LogP contribution in [0.5, 0.6) is 0 Å². The van der Waals surface area contributed by atoms with Gasteiger partial charge in [0.2, 0.25) is 10.0 Å². The van der Waals surface area contributed by atoms with Gasteiger partial charge in [-0.15, -0.1) is 0 Å². The zero-order valence-electron chi connectivity index (χ0n) is 13.5. The van der Waals surface area contributed by atoms with Crippen LogP contribution in [0.1, 0.15) is 18.1 Å². The molecule has 3 rings (SSSR count). The van der Waals surface area contributed by atoms with E-state index in [9.17, 15) is 8.42 Å². The minimum absolute atomic E-state index is 0.223. The number of benzene rings is 2. The Balaban J connectivity index is 1.81. The number of hydrogen-bond acceptors (Lipinski definition) is 2. The van der Waals surface area contributed by atoms with Gasteiger partial charge < -0.3 is 4.98 Å². The molecule has 0 amide bonds. The Labute approximate surface area is 146 Å². The van der Waals surface area contributed by atoms with Crippen molar-refractivity contribution < 1.29 is 8.42 Å². The normalized spacial score (nSPS) is 13.3. The van der Waals surface area contributed by atoms with Crippen molar-refractivity contribution in [3.63, 3.8) is 0 Å². The van der Waals surface area contributed by atoms with Gasteiger partial charge in [0.1, 0.15) is 0 Å². The summed E-state index contributed by atoms with van der Waals surface area (Å²) >= 11 is 6.04. The van der Waals surface area contributed by atoms with E-state index < -0.39 is 10.0 Å². The molecule has 0 aliphatic carbocycles. The van der Waals surface area contributed by atoms with E-state index in [1.807, 2.05) is 37.4 Å². The first-order chi connectivity index (χ1) is 11.4. The number of aromatic amines is 1. The smallest absolute Gasteiger partial charge is 0.241 e. The van der Waals surface area contributed by atoms with Gasteiger partial charge in [-0.2, -0.15) is 0 Å². The Morgan fingerprint density at radius 3 is 2.71 bits per heavy atom. The predicted octanol–water partition coefficient (Wildman–Crippen LogP) is 4.04. The Morgan fingerprint density at radius 2 is 1.92 bits per heavy atom. The fourth-order valence-electron chi connectivity index (χ4n) is 2.88. The van der Waals surface area contributed by atoms with Crippen LogP contribution in [0.3, 0.4) is 0 Å². The molecule has 1 atom stereocenters. The molecule has 6 heteroatoms. The maximum atomic E-state index is 12.6. The van der Waals surface area contributed by atoms with Crippen LogP contribution in [0.4, 0.5) is 0 Å². The van der Waals surface area contributed by atoms with Crippen molar-refractivity contribution in [1.82, 2.24) is 9.71 Å². The molecular weight excluding hydrogens is 344 g/mol. The average Bonchev–Trinajstić information content (AvgIpc) is 2.92. The maximum Gasteiger partial charge on any atom is 0.241 e. The summed E-state index contributed by atoms with van der Waals surface area (Å²) in [5, 5.41) is 1.56. The van der Waals surface area contributed by atoms with Crippen LogP contribution in [0.15, 0.2) is 53.6 Å². The molecule has 24 heavy (non-hydrogen) atoms. The Kier molecular flexibility index (Phi) is 4.67. The average molecular weight is 363 g/mol. The lowest BCUT2D eigenvalue weighted by Gasteiger charge is -2.15. The van der Waals surface area contributed by atoms with Crippen molar-refractivity contribution in [3.05, 3.63) is 64.8 Å². The zero-order chi connectivity index (χ0) is 17.3. The van der Waals surface area contributed by atoms with Gasteiger partial charge in [0.25, 0.3) is 0 Å². The van der Waals surface area contributed by atoms with Crippen molar-refractivity contribution in [2.75, 3.05) is 0 Å². The first kappa shape index (κ1) is 17.0. The van der Waals surface area contributed by atoms with Crippen molar-refractivity contribution >= 4 is 32.5 Å². The summed E-state index contributed by atoms with van der Waals surface area (Å²) in [5.41, 5.74) is 2.70. The summed E-state index contributed by atoms with van der Waals surface area (Å²) < 4.78 is 28.0. The van der Waals surface area contributed by atoms with Crippen molar-refractivity contribution in [2.45, 2.75) is 31.2 Å². The molecule has 1 heterocycles. The summed E-state index contributed by atoms with van der Waals surface area (Å²) in [6.45, 7) is 3.57. The molecule has 126 valence electrons. The third-order valence-corrected chi connectivity index (χ3v) is 6.21. The number of sulfonamides is 1. The molecule has 0 aliphatic heterocycles. The van der Waals surface area contributed by atoms with E-state index >= 15 is 0 Å². The van der Waals surface area contributed by atoms with E-state index in [1.165, 1.54) is 0 Å². The highest BCUT2D eigenvalue weighted by atomic mass is 35.5. The minimum Gasteiger partial charge on any atom is -0.361 e.